The summed E-state index contributed by atoms with van der Waals surface area (Å²) in [5.41, 5.74) is 0.499. The van der Waals surface area contributed by atoms with Gasteiger partial charge in [0, 0.05) is 41.7 Å². The number of benzene rings is 1. The number of halogens is 2. The monoisotopic (exact) mass is 355 g/mol. The number of nitrogens with one attached hydrogen (secondary N) is 1. The third-order valence-corrected chi connectivity index (χ3v) is 3.42. The Morgan fingerprint density at radius 2 is 1.87 bits per heavy atom. The molecule has 1 heterocycles. The molecule has 0 unspecified atom stereocenters. The molecular weight excluding hydrogens is 341 g/mol. The van der Waals surface area contributed by atoms with E-state index in [0.717, 1.165) is 0 Å². The topological polar surface area (TPSA) is 75.4 Å². The van der Waals surface area contributed by atoms with Gasteiger partial charge in [-0.1, -0.05) is 28.4 Å². The molecule has 0 spiro atoms. The van der Waals surface area contributed by atoms with Crippen LogP contribution in [-0.4, -0.2) is 23.5 Å². The first-order valence-electron chi connectivity index (χ1n) is 6.82. The van der Waals surface area contributed by atoms with Crippen LogP contribution in [0.1, 0.15) is 19.1 Å². The van der Waals surface area contributed by atoms with Gasteiger partial charge in [-0.05, 0) is 25.1 Å². The Kier molecular flexibility index (Phi) is 5.63. The minimum atomic E-state index is -0.269. The standard InChI is InChI=1S/C15H15Cl2N3O3/c1-9-5-14(19-23-9)20(10(2)21)4-3-15(22)18-13-7-11(16)6-12(17)8-13/h5-8H,3-4H2,1-2H3,(H,18,22). The first-order chi connectivity index (χ1) is 10.8. The summed E-state index contributed by atoms with van der Waals surface area (Å²) in [5, 5.41) is 7.33. The van der Waals surface area contributed by atoms with Crippen molar-refractivity contribution in [2.75, 3.05) is 16.8 Å². The first kappa shape index (κ1) is 17.3. The Morgan fingerprint density at radius 3 is 2.39 bits per heavy atom. The minimum absolute atomic E-state index is 0.0929. The van der Waals surface area contributed by atoms with E-state index in [1.165, 1.54) is 11.8 Å². The number of aromatic nitrogens is 1. The molecule has 0 saturated heterocycles. The molecule has 0 atom stereocenters. The number of hydrogen-bond acceptors (Lipinski definition) is 4. The average Bonchev–Trinajstić information content (AvgIpc) is 2.83. The van der Waals surface area contributed by atoms with Crippen molar-refractivity contribution in [2.24, 2.45) is 0 Å². The van der Waals surface area contributed by atoms with E-state index < -0.39 is 0 Å². The predicted octanol–water partition coefficient (Wildman–Crippen LogP) is 3.67. The SMILES string of the molecule is CC(=O)N(CCC(=O)Nc1cc(Cl)cc(Cl)c1)c1cc(C)on1. The molecule has 0 fully saturated rings. The Bertz CT molecular complexity index is 710. The Hall–Kier alpha value is -2.05. The van der Waals surface area contributed by atoms with Gasteiger partial charge in [0.15, 0.2) is 5.82 Å². The highest BCUT2D eigenvalue weighted by atomic mass is 35.5. The van der Waals surface area contributed by atoms with Gasteiger partial charge in [0.05, 0.1) is 0 Å². The fourth-order valence-electron chi connectivity index (χ4n) is 1.98. The van der Waals surface area contributed by atoms with Crippen LogP contribution in [0.3, 0.4) is 0 Å². The van der Waals surface area contributed by atoms with Crippen molar-refractivity contribution in [1.82, 2.24) is 5.16 Å². The highest BCUT2D eigenvalue weighted by molar-refractivity contribution is 6.35. The van der Waals surface area contributed by atoms with Crippen molar-refractivity contribution in [1.29, 1.82) is 0 Å². The predicted molar refractivity (Wildman–Crippen MR) is 89.0 cm³/mol. The third kappa shape index (κ3) is 4.97. The van der Waals surface area contributed by atoms with Crippen molar-refractivity contribution in [2.45, 2.75) is 20.3 Å². The lowest BCUT2D eigenvalue weighted by Gasteiger charge is -2.17. The van der Waals surface area contributed by atoms with Gasteiger partial charge in [0.1, 0.15) is 5.76 Å². The highest BCUT2D eigenvalue weighted by Gasteiger charge is 2.17. The molecule has 122 valence electrons. The van der Waals surface area contributed by atoms with Crippen LogP contribution >= 0.6 is 23.2 Å². The lowest BCUT2D eigenvalue weighted by Crippen LogP contribution is -2.32. The summed E-state index contributed by atoms with van der Waals surface area (Å²) in [6.45, 7) is 3.31. The number of carbonyl (C=O) groups excluding carboxylic acids is 2. The zero-order valence-corrected chi connectivity index (χ0v) is 14.1. The smallest absolute Gasteiger partial charge is 0.226 e. The van der Waals surface area contributed by atoms with Gasteiger partial charge in [0.25, 0.3) is 0 Å². The molecule has 0 saturated carbocycles. The fourth-order valence-corrected chi connectivity index (χ4v) is 2.50. The maximum absolute atomic E-state index is 12.0. The number of nitrogens with zero attached hydrogens (tertiary/aromatic N) is 2. The van der Waals surface area contributed by atoms with E-state index in [4.69, 9.17) is 27.7 Å². The molecule has 23 heavy (non-hydrogen) atoms. The molecule has 0 aliphatic carbocycles. The number of carbonyl (C=O) groups is 2. The summed E-state index contributed by atoms with van der Waals surface area (Å²) >= 11 is 11.8. The molecule has 0 bridgehead atoms. The molecule has 8 heteroatoms. The molecule has 2 aromatic rings. The van der Waals surface area contributed by atoms with Crippen LogP contribution in [0.2, 0.25) is 10.0 Å². The Labute approximate surface area is 143 Å². The lowest BCUT2D eigenvalue weighted by molar-refractivity contribution is -0.117. The molecule has 1 aromatic carbocycles. The normalized spacial score (nSPS) is 10.4. The van der Waals surface area contributed by atoms with E-state index in [9.17, 15) is 9.59 Å². The maximum atomic E-state index is 12.0. The number of aryl methyl sites for hydroxylation is 1. The van der Waals surface area contributed by atoms with Crippen LogP contribution in [0.5, 0.6) is 0 Å². The van der Waals surface area contributed by atoms with E-state index >= 15 is 0 Å². The van der Waals surface area contributed by atoms with E-state index in [-0.39, 0.29) is 24.8 Å². The Morgan fingerprint density at radius 1 is 1.22 bits per heavy atom. The zero-order valence-electron chi connectivity index (χ0n) is 12.6. The molecule has 6 nitrogen and oxygen atoms in total. The van der Waals surface area contributed by atoms with Crippen LogP contribution in [0.15, 0.2) is 28.8 Å². The van der Waals surface area contributed by atoms with Gasteiger partial charge in [-0.2, -0.15) is 0 Å². The van der Waals surface area contributed by atoms with E-state index in [0.29, 0.717) is 27.3 Å². The molecule has 2 rings (SSSR count). The van der Waals surface area contributed by atoms with Crippen molar-refractivity contribution in [3.8, 4) is 0 Å². The molecule has 0 aliphatic rings. The van der Waals surface area contributed by atoms with Crippen molar-refractivity contribution >= 4 is 46.5 Å². The quantitative estimate of drug-likeness (QED) is 0.887. The molecule has 0 aliphatic heterocycles. The van der Waals surface area contributed by atoms with Gasteiger partial charge in [-0.25, -0.2) is 0 Å². The van der Waals surface area contributed by atoms with Crippen LogP contribution in [0.4, 0.5) is 11.5 Å². The minimum Gasteiger partial charge on any atom is -0.360 e. The largest absolute Gasteiger partial charge is 0.360 e. The summed E-state index contributed by atoms with van der Waals surface area (Å²) in [5.74, 6) is 0.476. The molecular formula is C15H15Cl2N3O3. The lowest BCUT2D eigenvalue weighted by atomic mass is 10.3. The molecule has 1 aromatic heterocycles. The zero-order chi connectivity index (χ0) is 17.0. The second-order valence-electron chi connectivity index (χ2n) is 4.92. The van der Waals surface area contributed by atoms with E-state index in [1.807, 2.05) is 0 Å². The summed E-state index contributed by atoms with van der Waals surface area (Å²) < 4.78 is 4.95. The molecule has 1 N–H and O–H groups in total. The first-order valence-corrected chi connectivity index (χ1v) is 7.58. The molecule has 2 amide bonds. The van der Waals surface area contributed by atoms with Crippen LogP contribution in [-0.2, 0) is 9.59 Å². The second kappa shape index (κ2) is 7.48. The average molecular weight is 356 g/mol. The van der Waals surface area contributed by atoms with Gasteiger partial charge in [-0.15, -0.1) is 0 Å². The Balaban J connectivity index is 1.97. The number of anilines is 2. The number of amides is 2. The third-order valence-electron chi connectivity index (χ3n) is 2.98. The number of rotatable bonds is 5. The van der Waals surface area contributed by atoms with Gasteiger partial charge in [-0.3, -0.25) is 14.5 Å². The fraction of sp³-hybridized carbons (Fsp3) is 0.267. The summed E-state index contributed by atoms with van der Waals surface area (Å²) in [7, 11) is 0. The maximum Gasteiger partial charge on any atom is 0.226 e. The summed E-state index contributed by atoms with van der Waals surface area (Å²) in [6.07, 6.45) is 0.0929. The van der Waals surface area contributed by atoms with Crippen molar-refractivity contribution in [3.63, 3.8) is 0 Å². The van der Waals surface area contributed by atoms with Crippen molar-refractivity contribution < 1.29 is 14.1 Å². The van der Waals surface area contributed by atoms with Gasteiger partial charge >= 0.3 is 0 Å². The van der Waals surface area contributed by atoms with Gasteiger partial charge in [0.2, 0.25) is 11.8 Å². The van der Waals surface area contributed by atoms with E-state index in [1.54, 1.807) is 31.2 Å². The second-order valence-corrected chi connectivity index (χ2v) is 5.80. The highest BCUT2D eigenvalue weighted by Crippen LogP contribution is 2.22. The van der Waals surface area contributed by atoms with Crippen LogP contribution in [0, 0.1) is 6.92 Å². The summed E-state index contributed by atoms with van der Waals surface area (Å²) in [6, 6.07) is 6.39. The van der Waals surface area contributed by atoms with Crippen molar-refractivity contribution in [3.05, 3.63) is 40.1 Å². The number of hydrogen-bond donors (Lipinski definition) is 1. The molecule has 0 radical (unpaired) electrons. The van der Waals surface area contributed by atoms with Crippen LogP contribution < -0.4 is 10.2 Å². The van der Waals surface area contributed by atoms with Gasteiger partial charge < -0.3 is 9.84 Å². The van der Waals surface area contributed by atoms with Crippen LogP contribution in [0.25, 0.3) is 0 Å². The van der Waals surface area contributed by atoms with E-state index in [2.05, 4.69) is 10.5 Å². The summed E-state index contributed by atoms with van der Waals surface area (Å²) in [4.78, 5) is 25.1.